The molecule has 2 aromatic rings. The highest BCUT2D eigenvalue weighted by Crippen LogP contribution is 2.19. The van der Waals surface area contributed by atoms with Crippen LogP contribution in [0.5, 0.6) is 0 Å². The molecule has 0 saturated carbocycles. The maximum Gasteiger partial charge on any atom is 0.189 e. The number of nitrogens with zero attached hydrogens (tertiary/aromatic N) is 4. The Bertz CT molecular complexity index is 512. The lowest BCUT2D eigenvalue weighted by atomic mass is 10.2. The first kappa shape index (κ1) is 11.4. The second kappa shape index (κ2) is 5.30. The van der Waals surface area contributed by atoms with Gasteiger partial charge in [0.25, 0.3) is 0 Å². The molecule has 8 heteroatoms. The molecule has 0 unspecified atom stereocenters. The lowest BCUT2D eigenvalue weighted by molar-refractivity contribution is 0.318. The number of nitrogens with one attached hydrogen (secondary N) is 1. The van der Waals surface area contributed by atoms with Crippen LogP contribution >= 0.6 is 11.8 Å². The van der Waals surface area contributed by atoms with E-state index < -0.39 is 0 Å². The van der Waals surface area contributed by atoms with E-state index in [0.29, 0.717) is 16.6 Å². The maximum absolute atomic E-state index is 8.65. The third-order valence-electron chi connectivity index (χ3n) is 2.00. The summed E-state index contributed by atoms with van der Waals surface area (Å²) in [5.74, 6) is 0.605. The Morgan fingerprint density at radius 2 is 2.41 bits per heavy atom. The molecule has 0 saturated heterocycles. The van der Waals surface area contributed by atoms with Crippen LogP contribution in [0.2, 0.25) is 0 Å². The first-order chi connectivity index (χ1) is 8.31. The van der Waals surface area contributed by atoms with E-state index in [9.17, 15) is 0 Å². The number of aromatic amines is 1. The lowest BCUT2D eigenvalue weighted by Crippen LogP contribution is -2.17. The molecule has 0 fully saturated rings. The summed E-state index contributed by atoms with van der Waals surface area (Å²) >= 11 is 1.46. The average Bonchev–Trinajstić information content (AvgIpc) is 2.89. The summed E-state index contributed by atoms with van der Waals surface area (Å²) < 4.78 is 0. The number of oxime groups is 1. The van der Waals surface area contributed by atoms with Gasteiger partial charge in [-0.2, -0.15) is 5.10 Å². The molecule has 0 aliphatic carbocycles. The van der Waals surface area contributed by atoms with Gasteiger partial charge < -0.3 is 10.9 Å². The third kappa shape index (κ3) is 2.72. The zero-order chi connectivity index (χ0) is 12.1. The Morgan fingerprint density at radius 1 is 1.53 bits per heavy atom. The van der Waals surface area contributed by atoms with E-state index in [1.165, 1.54) is 18.1 Å². The van der Waals surface area contributed by atoms with Crippen molar-refractivity contribution in [1.82, 2.24) is 20.2 Å². The number of hydrogen-bond acceptors (Lipinski definition) is 6. The Hall–Kier alpha value is -2.09. The summed E-state index contributed by atoms with van der Waals surface area (Å²) in [5, 5.41) is 18.8. The van der Waals surface area contributed by atoms with Gasteiger partial charge >= 0.3 is 0 Å². The van der Waals surface area contributed by atoms with E-state index in [1.54, 1.807) is 12.3 Å². The fraction of sp³-hybridized carbons (Fsp3) is 0.111. The third-order valence-corrected chi connectivity index (χ3v) is 2.92. The minimum atomic E-state index is -0.00114. The highest BCUT2D eigenvalue weighted by Gasteiger charge is 2.09. The monoisotopic (exact) mass is 250 g/mol. The van der Waals surface area contributed by atoms with Gasteiger partial charge in [-0.05, 0) is 11.6 Å². The normalized spacial score (nSPS) is 11.6. The summed E-state index contributed by atoms with van der Waals surface area (Å²) in [6, 6.07) is 3.66. The van der Waals surface area contributed by atoms with Crippen LogP contribution < -0.4 is 5.73 Å². The summed E-state index contributed by atoms with van der Waals surface area (Å²) in [6.07, 6.45) is 3.03. The van der Waals surface area contributed by atoms with E-state index in [0.717, 1.165) is 5.56 Å². The molecule has 2 heterocycles. The summed E-state index contributed by atoms with van der Waals surface area (Å²) in [4.78, 5) is 8.07. The standard InChI is InChI=1S/C9H10N6OS/c10-8(15-16)7-6(2-1-3-11-7)4-17-9-12-5-13-14-9/h1-3,5,16H,4H2,(H2,10,15)(H,12,13,14). The first-order valence-electron chi connectivity index (χ1n) is 4.71. The number of amidine groups is 1. The molecular weight excluding hydrogens is 240 g/mol. The van der Waals surface area contributed by atoms with Crippen molar-refractivity contribution in [3.05, 3.63) is 35.9 Å². The number of thioether (sulfide) groups is 1. The molecule has 0 atom stereocenters. The van der Waals surface area contributed by atoms with E-state index in [-0.39, 0.29) is 5.84 Å². The predicted molar refractivity (Wildman–Crippen MR) is 62.7 cm³/mol. The van der Waals surface area contributed by atoms with Crippen LogP contribution in [0.4, 0.5) is 0 Å². The predicted octanol–water partition coefficient (Wildman–Crippen LogP) is 0.586. The van der Waals surface area contributed by atoms with Crippen molar-refractivity contribution in [2.75, 3.05) is 0 Å². The van der Waals surface area contributed by atoms with Crippen molar-refractivity contribution in [3.63, 3.8) is 0 Å². The molecule has 17 heavy (non-hydrogen) atoms. The largest absolute Gasteiger partial charge is 0.409 e. The molecule has 0 aliphatic rings. The molecule has 0 aliphatic heterocycles. The molecule has 0 aromatic carbocycles. The van der Waals surface area contributed by atoms with Gasteiger partial charge in [-0.15, -0.1) is 0 Å². The highest BCUT2D eigenvalue weighted by molar-refractivity contribution is 7.98. The minimum Gasteiger partial charge on any atom is -0.409 e. The molecule has 0 bridgehead atoms. The number of H-pyrrole nitrogens is 1. The van der Waals surface area contributed by atoms with Crippen molar-refractivity contribution in [3.8, 4) is 0 Å². The van der Waals surface area contributed by atoms with E-state index in [2.05, 4.69) is 25.3 Å². The van der Waals surface area contributed by atoms with Crippen LogP contribution in [0.15, 0.2) is 35.0 Å². The smallest absolute Gasteiger partial charge is 0.189 e. The van der Waals surface area contributed by atoms with E-state index >= 15 is 0 Å². The van der Waals surface area contributed by atoms with Crippen LogP contribution in [0.1, 0.15) is 11.3 Å². The second-order valence-electron chi connectivity index (χ2n) is 3.08. The molecular formula is C9H10N6OS. The fourth-order valence-corrected chi connectivity index (χ4v) is 2.01. The van der Waals surface area contributed by atoms with Crippen molar-refractivity contribution in [2.24, 2.45) is 10.9 Å². The summed E-state index contributed by atoms with van der Waals surface area (Å²) in [6.45, 7) is 0. The van der Waals surface area contributed by atoms with E-state index in [4.69, 9.17) is 10.9 Å². The van der Waals surface area contributed by atoms with Gasteiger partial charge in [0.15, 0.2) is 11.0 Å². The lowest BCUT2D eigenvalue weighted by Gasteiger charge is -2.05. The SMILES string of the molecule is NC(=NO)c1ncccc1CSc1ncn[nH]1. The summed E-state index contributed by atoms with van der Waals surface area (Å²) in [5.41, 5.74) is 6.88. The molecule has 88 valence electrons. The molecule has 2 rings (SSSR count). The van der Waals surface area contributed by atoms with Gasteiger partial charge in [-0.1, -0.05) is 23.0 Å². The van der Waals surface area contributed by atoms with Crippen LogP contribution in [-0.2, 0) is 5.75 Å². The van der Waals surface area contributed by atoms with Gasteiger partial charge in [-0.25, -0.2) is 4.98 Å². The Labute approximate surface area is 101 Å². The second-order valence-corrected chi connectivity index (χ2v) is 4.04. The Morgan fingerprint density at radius 3 is 3.12 bits per heavy atom. The topological polar surface area (TPSA) is 113 Å². The molecule has 0 radical (unpaired) electrons. The fourth-order valence-electron chi connectivity index (χ4n) is 1.24. The van der Waals surface area contributed by atoms with Gasteiger partial charge in [-0.3, -0.25) is 10.1 Å². The van der Waals surface area contributed by atoms with Crippen molar-refractivity contribution in [1.29, 1.82) is 0 Å². The molecule has 7 nitrogen and oxygen atoms in total. The zero-order valence-electron chi connectivity index (χ0n) is 8.74. The highest BCUT2D eigenvalue weighted by atomic mass is 32.2. The molecule has 0 spiro atoms. The van der Waals surface area contributed by atoms with Crippen LogP contribution in [0, 0.1) is 0 Å². The van der Waals surface area contributed by atoms with Gasteiger partial charge in [0.2, 0.25) is 0 Å². The van der Waals surface area contributed by atoms with Crippen molar-refractivity contribution in [2.45, 2.75) is 10.9 Å². The van der Waals surface area contributed by atoms with Crippen LogP contribution in [-0.4, -0.2) is 31.2 Å². The van der Waals surface area contributed by atoms with Crippen molar-refractivity contribution >= 4 is 17.6 Å². The maximum atomic E-state index is 8.65. The average molecular weight is 250 g/mol. The minimum absolute atomic E-state index is 0.00114. The Balaban J connectivity index is 2.15. The molecule has 0 amide bonds. The van der Waals surface area contributed by atoms with Crippen LogP contribution in [0.25, 0.3) is 0 Å². The van der Waals surface area contributed by atoms with Gasteiger partial charge in [0, 0.05) is 11.9 Å². The molecule has 2 aromatic heterocycles. The number of pyridine rings is 1. The van der Waals surface area contributed by atoms with Gasteiger partial charge in [0.05, 0.1) is 0 Å². The molecule has 4 N–H and O–H groups in total. The summed E-state index contributed by atoms with van der Waals surface area (Å²) in [7, 11) is 0. The van der Waals surface area contributed by atoms with Crippen molar-refractivity contribution < 1.29 is 5.21 Å². The number of aromatic nitrogens is 4. The first-order valence-corrected chi connectivity index (χ1v) is 5.69. The quantitative estimate of drug-likeness (QED) is 0.240. The zero-order valence-corrected chi connectivity index (χ0v) is 9.55. The van der Waals surface area contributed by atoms with Crippen LogP contribution in [0.3, 0.4) is 0 Å². The number of hydrogen-bond donors (Lipinski definition) is 3. The number of nitrogens with two attached hydrogens (primary N) is 1. The van der Waals surface area contributed by atoms with E-state index in [1.807, 2.05) is 6.07 Å². The Kier molecular flexibility index (Phi) is 3.55. The number of rotatable bonds is 4. The van der Waals surface area contributed by atoms with Gasteiger partial charge in [0.1, 0.15) is 12.0 Å².